The second kappa shape index (κ2) is 4.56. The number of hydrogen-bond acceptors (Lipinski definition) is 4. The summed E-state index contributed by atoms with van der Waals surface area (Å²) in [6.07, 6.45) is 0.361. The second-order valence-corrected chi connectivity index (χ2v) is 4.07. The molecule has 0 amide bonds. The first-order chi connectivity index (χ1) is 6.13. The molecule has 74 valence electrons. The maximum Gasteiger partial charge on any atom is 0.305 e. The summed E-state index contributed by atoms with van der Waals surface area (Å²) in [5, 5.41) is 5.45. The predicted molar refractivity (Wildman–Crippen MR) is 54.1 cm³/mol. The number of carbonyl (C=O) groups is 1. The number of ether oxygens (including phenoxy) is 1. The molecular weight excluding hydrogens is 186 g/mol. The van der Waals surface area contributed by atoms with Gasteiger partial charge in [-0.2, -0.15) is 0 Å². The van der Waals surface area contributed by atoms with Gasteiger partial charge in [0, 0.05) is 12.1 Å². The fourth-order valence-electron chi connectivity index (χ4n) is 1.05. The van der Waals surface area contributed by atoms with Crippen molar-refractivity contribution in [3.63, 3.8) is 0 Å². The molecule has 0 saturated carbocycles. The van der Waals surface area contributed by atoms with E-state index in [-0.39, 0.29) is 17.4 Å². The van der Waals surface area contributed by atoms with Gasteiger partial charge >= 0.3 is 5.97 Å². The van der Waals surface area contributed by atoms with Crippen molar-refractivity contribution < 1.29 is 9.53 Å². The van der Waals surface area contributed by atoms with Crippen LogP contribution in [-0.4, -0.2) is 17.4 Å². The largest absolute Gasteiger partial charge is 0.460 e. The van der Waals surface area contributed by atoms with Gasteiger partial charge in [0.05, 0.1) is 0 Å². The van der Waals surface area contributed by atoms with Crippen LogP contribution in [0, 0.1) is 0 Å². The summed E-state index contributed by atoms with van der Waals surface area (Å²) in [6.45, 7) is 5.71. The molecule has 1 heterocycles. The molecule has 0 aromatic heterocycles. The molecule has 0 aliphatic carbocycles. The highest BCUT2D eigenvalue weighted by molar-refractivity contribution is 8.03. The molecule has 2 atom stereocenters. The van der Waals surface area contributed by atoms with Crippen LogP contribution >= 0.6 is 11.8 Å². The van der Waals surface area contributed by atoms with E-state index in [4.69, 9.17) is 4.74 Å². The zero-order chi connectivity index (χ0) is 9.84. The van der Waals surface area contributed by atoms with Gasteiger partial charge in [-0.1, -0.05) is 6.92 Å². The first kappa shape index (κ1) is 10.4. The fourth-order valence-corrected chi connectivity index (χ4v) is 2.00. The Kier molecular flexibility index (Phi) is 3.66. The fraction of sp³-hybridized carbons (Fsp3) is 0.667. The van der Waals surface area contributed by atoms with Gasteiger partial charge in [0.1, 0.15) is 11.5 Å². The monoisotopic (exact) mass is 201 g/mol. The van der Waals surface area contributed by atoms with E-state index in [0.717, 1.165) is 5.70 Å². The molecule has 0 saturated heterocycles. The Hall–Kier alpha value is -0.640. The number of allylic oxidation sites excluding steroid dienone is 1. The molecule has 0 radical (unpaired) electrons. The van der Waals surface area contributed by atoms with Crippen LogP contribution in [-0.2, 0) is 9.53 Å². The Balaban J connectivity index is 2.33. The van der Waals surface area contributed by atoms with Crippen molar-refractivity contribution >= 4 is 17.7 Å². The number of carbonyl (C=O) groups excluding carboxylic acids is 1. The van der Waals surface area contributed by atoms with Crippen molar-refractivity contribution in [2.75, 3.05) is 0 Å². The highest BCUT2D eigenvalue weighted by Crippen LogP contribution is 2.24. The van der Waals surface area contributed by atoms with E-state index in [0.29, 0.717) is 6.42 Å². The van der Waals surface area contributed by atoms with Crippen LogP contribution in [0.2, 0.25) is 0 Å². The van der Waals surface area contributed by atoms with E-state index in [1.807, 2.05) is 19.3 Å². The van der Waals surface area contributed by atoms with Crippen LogP contribution in [0.25, 0.3) is 0 Å². The number of rotatable bonds is 3. The van der Waals surface area contributed by atoms with Crippen molar-refractivity contribution in [1.29, 1.82) is 0 Å². The summed E-state index contributed by atoms with van der Waals surface area (Å²) in [7, 11) is 0. The molecule has 3 nitrogen and oxygen atoms in total. The molecule has 0 spiro atoms. The minimum Gasteiger partial charge on any atom is -0.460 e. The van der Waals surface area contributed by atoms with Crippen LogP contribution in [0.4, 0.5) is 0 Å². The third-order valence-electron chi connectivity index (χ3n) is 1.79. The molecule has 1 N–H and O–H groups in total. The smallest absolute Gasteiger partial charge is 0.305 e. The molecule has 13 heavy (non-hydrogen) atoms. The van der Waals surface area contributed by atoms with E-state index in [9.17, 15) is 4.79 Å². The molecular formula is C9H15NO2S. The average molecular weight is 201 g/mol. The summed E-state index contributed by atoms with van der Waals surface area (Å²) in [4.78, 5) is 11.0. The van der Waals surface area contributed by atoms with Crippen LogP contribution in [0.1, 0.15) is 27.2 Å². The van der Waals surface area contributed by atoms with Gasteiger partial charge in [-0.05, 0) is 19.3 Å². The lowest BCUT2D eigenvalue weighted by molar-refractivity contribution is -0.147. The molecule has 0 aromatic rings. The lowest BCUT2D eigenvalue weighted by Crippen LogP contribution is -2.34. The Morgan fingerprint density at radius 1 is 1.85 bits per heavy atom. The van der Waals surface area contributed by atoms with Crippen LogP contribution in [0.3, 0.4) is 0 Å². The molecule has 0 aromatic carbocycles. The van der Waals surface area contributed by atoms with E-state index in [1.165, 1.54) is 0 Å². The molecule has 1 rings (SSSR count). The van der Waals surface area contributed by atoms with Gasteiger partial charge in [-0.25, -0.2) is 0 Å². The molecule has 4 heteroatoms. The Morgan fingerprint density at radius 3 is 3.00 bits per heavy atom. The standard InChI is InChI=1S/C9H15NO2S/c1-4-8(11)12-7(3)9-10-6(2)5-13-9/h5,7,9-10H,4H2,1-3H3. The Labute approximate surface area is 82.9 Å². The van der Waals surface area contributed by atoms with Gasteiger partial charge in [-0.3, -0.25) is 4.79 Å². The lowest BCUT2D eigenvalue weighted by Gasteiger charge is -2.19. The summed E-state index contributed by atoms with van der Waals surface area (Å²) in [6, 6.07) is 0. The van der Waals surface area contributed by atoms with E-state index >= 15 is 0 Å². The Bertz CT molecular complexity index is 228. The van der Waals surface area contributed by atoms with Crippen LogP contribution < -0.4 is 5.32 Å². The number of nitrogens with one attached hydrogen (secondary N) is 1. The van der Waals surface area contributed by atoms with Crippen molar-refractivity contribution in [3.05, 3.63) is 11.1 Å². The highest BCUT2D eigenvalue weighted by Gasteiger charge is 2.23. The minimum absolute atomic E-state index is 0.0776. The van der Waals surface area contributed by atoms with Crippen LogP contribution in [0.5, 0.6) is 0 Å². The molecule has 1 aliphatic rings. The van der Waals surface area contributed by atoms with Crippen molar-refractivity contribution in [1.82, 2.24) is 5.32 Å². The zero-order valence-electron chi connectivity index (χ0n) is 8.16. The predicted octanol–water partition coefficient (Wildman–Crippen LogP) is 1.85. The number of thioether (sulfide) groups is 1. The second-order valence-electron chi connectivity index (χ2n) is 3.05. The summed E-state index contributed by atoms with van der Waals surface area (Å²) < 4.78 is 5.18. The SMILES string of the molecule is CCC(=O)OC(C)C1NC(C)=CS1. The van der Waals surface area contributed by atoms with Crippen molar-refractivity contribution in [3.8, 4) is 0 Å². The maximum atomic E-state index is 11.0. The molecule has 0 fully saturated rings. The first-order valence-electron chi connectivity index (χ1n) is 4.41. The first-order valence-corrected chi connectivity index (χ1v) is 5.36. The highest BCUT2D eigenvalue weighted by atomic mass is 32.2. The molecule has 0 bridgehead atoms. The normalized spacial score (nSPS) is 23.3. The Morgan fingerprint density at radius 2 is 2.54 bits per heavy atom. The van der Waals surface area contributed by atoms with Gasteiger partial charge in [0.15, 0.2) is 0 Å². The van der Waals surface area contributed by atoms with E-state index < -0.39 is 0 Å². The van der Waals surface area contributed by atoms with Gasteiger partial charge in [-0.15, -0.1) is 11.8 Å². The summed E-state index contributed by atoms with van der Waals surface area (Å²) in [5.41, 5.74) is 1.13. The summed E-state index contributed by atoms with van der Waals surface area (Å²) >= 11 is 1.66. The summed E-state index contributed by atoms with van der Waals surface area (Å²) in [5.74, 6) is -0.139. The van der Waals surface area contributed by atoms with E-state index in [1.54, 1.807) is 18.7 Å². The van der Waals surface area contributed by atoms with E-state index in [2.05, 4.69) is 5.32 Å². The minimum atomic E-state index is -0.139. The lowest BCUT2D eigenvalue weighted by atomic mass is 10.3. The maximum absolute atomic E-state index is 11.0. The third kappa shape index (κ3) is 2.95. The van der Waals surface area contributed by atoms with Crippen molar-refractivity contribution in [2.24, 2.45) is 0 Å². The van der Waals surface area contributed by atoms with Gasteiger partial charge < -0.3 is 10.1 Å². The number of hydrogen-bond donors (Lipinski definition) is 1. The van der Waals surface area contributed by atoms with Gasteiger partial charge in [0.2, 0.25) is 0 Å². The zero-order valence-corrected chi connectivity index (χ0v) is 8.98. The van der Waals surface area contributed by atoms with Crippen LogP contribution in [0.15, 0.2) is 11.1 Å². The van der Waals surface area contributed by atoms with Gasteiger partial charge in [0.25, 0.3) is 0 Å². The topological polar surface area (TPSA) is 38.3 Å². The number of esters is 1. The molecule has 2 unspecified atom stereocenters. The average Bonchev–Trinajstić information content (AvgIpc) is 2.51. The van der Waals surface area contributed by atoms with Crippen molar-refractivity contribution in [2.45, 2.75) is 38.7 Å². The third-order valence-corrected chi connectivity index (χ3v) is 3.08. The quantitative estimate of drug-likeness (QED) is 0.707. The molecule has 1 aliphatic heterocycles.